The Morgan fingerprint density at radius 3 is 2.14 bits per heavy atom. The monoisotopic (exact) mass is 257 g/mol. The summed E-state index contributed by atoms with van der Waals surface area (Å²) in [5, 5.41) is 1.23. The molecule has 2 aliphatic carbocycles. The third kappa shape index (κ3) is 1.46. The molecule has 1 saturated heterocycles. The Kier molecular flexibility index (Phi) is 2.40. The fraction of sp³-hybridized carbons (Fsp3) is 1.00. The summed E-state index contributed by atoms with van der Waals surface area (Å²) in [6, 6.07) is 0. The van der Waals surface area contributed by atoms with Crippen LogP contribution in [0, 0.1) is 17.3 Å². The van der Waals surface area contributed by atoms with Crippen molar-refractivity contribution < 1.29 is 0 Å². The van der Waals surface area contributed by atoms with Crippen LogP contribution in [0.15, 0.2) is 0 Å². The van der Waals surface area contributed by atoms with E-state index in [2.05, 4.69) is 20.8 Å². The summed E-state index contributed by atoms with van der Waals surface area (Å²) in [5.41, 5.74) is 0.670. The lowest BCUT2D eigenvalue weighted by Gasteiger charge is -2.43. The van der Waals surface area contributed by atoms with Gasteiger partial charge in [0.1, 0.15) is 0 Å². The second-order valence-electron chi connectivity index (χ2n) is 5.78. The molecule has 2 saturated carbocycles. The van der Waals surface area contributed by atoms with Crippen LogP contribution >= 0.6 is 15.9 Å². The minimum atomic E-state index is 0.670. The maximum absolute atomic E-state index is 3.71. The van der Waals surface area contributed by atoms with E-state index < -0.39 is 0 Å². The van der Waals surface area contributed by atoms with Crippen LogP contribution in [0.1, 0.15) is 32.1 Å². The zero-order valence-electron chi connectivity index (χ0n) is 8.84. The first-order valence-corrected chi connectivity index (χ1v) is 7.22. The summed E-state index contributed by atoms with van der Waals surface area (Å²) in [4.78, 5) is 2.75. The Morgan fingerprint density at radius 1 is 1.14 bits per heavy atom. The summed E-state index contributed by atoms with van der Waals surface area (Å²) in [5.74, 6) is 2.17. The highest BCUT2D eigenvalue weighted by Gasteiger charge is 2.43. The van der Waals surface area contributed by atoms with Crippen LogP contribution in [0.2, 0.25) is 0 Å². The summed E-state index contributed by atoms with van der Waals surface area (Å²) in [6.45, 7) is 4.21. The summed E-state index contributed by atoms with van der Waals surface area (Å²) < 4.78 is 0. The molecule has 0 amide bonds. The largest absolute Gasteiger partial charge is 0.302 e. The number of halogens is 1. The first-order chi connectivity index (χ1) is 6.81. The van der Waals surface area contributed by atoms with E-state index in [1.165, 1.54) is 57.1 Å². The van der Waals surface area contributed by atoms with Gasteiger partial charge in [0.25, 0.3) is 0 Å². The third-order valence-corrected chi connectivity index (χ3v) is 6.01. The Labute approximate surface area is 95.4 Å². The van der Waals surface area contributed by atoms with Crippen molar-refractivity contribution in [3.05, 3.63) is 0 Å². The van der Waals surface area contributed by atoms with E-state index >= 15 is 0 Å². The van der Waals surface area contributed by atoms with Crippen molar-refractivity contribution in [2.75, 3.05) is 25.0 Å². The molecule has 3 rings (SSSR count). The standard InChI is InChI=1S/C12H20BrN/c13-8-12(4-1-5-12)9-14-6-10-2-3-11(10)7-14/h10-11H,1-9H2. The Hall–Kier alpha value is 0.440. The molecule has 14 heavy (non-hydrogen) atoms. The normalized spacial score (nSPS) is 40.1. The van der Waals surface area contributed by atoms with Crippen LogP contribution in [0.25, 0.3) is 0 Å². The van der Waals surface area contributed by atoms with Gasteiger partial charge in [0.15, 0.2) is 0 Å². The molecule has 3 aliphatic rings. The van der Waals surface area contributed by atoms with Gasteiger partial charge in [-0.2, -0.15) is 0 Å². The van der Waals surface area contributed by atoms with Crippen LogP contribution in [-0.2, 0) is 0 Å². The molecule has 1 nitrogen and oxygen atoms in total. The van der Waals surface area contributed by atoms with Gasteiger partial charge in [-0.15, -0.1) is 0 Å². The van der Waals surface area contributed by atoms with Crippen molar-refractivity contribution in [3.63, 3.8) is 0 Å². The van der Waals surface area contributed by atoms with Crippen molar-refractivity contribution in [3.8, 4) is 0 Å². The molecule has 1 heterocycles. The molecular formula is C12H20BrN. The number of nitrogens with zero attached hydrogens (tertiary/aromatic N) is 1. The molecule has 0 N–H and O–H groups in total. The van der Waals surface area contributed by atoms with Gasteiger partial charge >= 0.3 is 0 Å². The maximum atomic E-state index is 3.71. The summed E-state index contributed by atoms with van der Waals surface area (Å²) in [7, 11) is 0. The van der Waals surface area contributed by atoms with E-state index in [0.717, 1.165) is 11.8 Å². The van der Waals surface area contributed by atoms with Crippen molar-refractivity contribution in [2.24, 2.45) is 17.3 Å². The van der Waals surface area contributed by atoms with Crippen LogP contribution in [0.3, 0.4) is 0 Å². The molecule has 2 unspecified atom stereocenters. The highest BCUT2D eigenvalue weighted by Crippen LogP contribution is 2.46. The fourth-order valence-electron chi connectivity index (χ4n) is 3.47. The molecule has 0 bridgehead atoms. The van der Waals surface area contributed by atoms with Crippen LogP contribution < -0.4 is 0 Å². The van der Waals surface area contributed by atoms with Crippen LogP contribution in [0.4, 0.5) is 0 Å². The molecule has 2 heteroatoms. The van der Waals surface area contributed by atoms with E-state index in [9.17, 15) is 0 Å². The lowest BCUT2D eigenvalue weighted by Crippen LogP contribution is -2.42. The molecule has 0 aromatic carbocycles. The number of hydrogen-bond donors (Lipinski definition) is 0. The first kappa shape index (κ1) is 9.65. The summed E-state index contributed by atoms with van der Waals surface area (Å²) >= 11 is 3.71. The molecule has 0 spiro atoms. The van der Waals surface area contributed by atoms with Crippen molar-refractivity contribution in [1.29, 1.82) is 0 Å². The second kappa shape index (κ2) is 3.48. The van der Waals surface area contributed by atoms with Crippen LogP contribution in [0.5, 0.6) is 0 Å². The number of alkyl halides is 1. The molecule has 2 atom stereocenters. The molecule has 0 aromatic heterocycles. The van der Waals surface area contributed by atoms with Crippen molar-refractivity contribution in [2.45, 2.75) is 32.1 Å². The predicted molar refractivity (Wildman–Crippen MR) is 62.7 cm³/mol. The molecule has 3 fully saturated rings. The SMILES string of the molecule is BrCC1(CN2CC3CCC3C2)CCC1. The van der Waals surface area contributed by atoms with Crippen molar-refractivity contribution >= 4 is 15.9 Å². The number of likely N-dealkylation sites (tertiary alicyclic amines) is 1. The number of hydrogen-bond acceptors (Lipinski definition) is 1. The fourth-order valence-corrected chi connectivity index (χ4v) is 4.21. The Bertz CT molecular complexity index is 207. The zero-order chi connectivity index (χ0) is 9.60. The molecule has 1 aliphatic heterocycles. The van der Waals surface area contributed by atoms with Gasteiger partial charge < -0.3 is 4.90 Å². The van der Waals surface area contributed by atoms with E-state index in [1.807, 2.05) is 0 Å². The predicted octanol–water partition coefficient (Wildman–Crippen LogP) is 2.89. The highest BCUT2D eigenvalue weighted by atomic mass is 79.9. The van der Waals surface area contributed by atoms with Crippen molar-refractivity contribution in [1.82, 2.24) is 4.90 Å². The van der Waals surface area contributed by atoms with E-state index in [-0.39, 0.29) is 0 Å². The lowest BCUT2D eigenvalue weighted by atomic mass is 9.70. The molecule has 80 valence electrons. The molecule has 0 radical (unpaired) electrons. The minimum Gasteiger partial charge on any atom is -0.302 e. The lowest BCUT2D eigenvalue weighted by molar-refractivity contribution is 0.103. The van der Waals surface area contributed by atoms with E-state index in [0.29, 0.717) is 5.41 Å². The van der Waals surface area contributed by atoms with Gasteiger partial charge in [0.05, 0.1) is 0 Å². The topological polar surface area (TPSA) is 3.24 Å². The molecule has 0 aromatic rings. The average molecular weight is 258 g/mol. The van der Waals surface area contributed by atoms with Gasteiger partial charge in [-0.1, -0.05) is 22.4 Å². The minimum absolute atomic E-state index is 0.670. The number of fused-ring (bicyclic) bond motifs is 1. The summed E-state index contributed by atoms with van der Waals surface area (Å²) in [6.07, 6.45) is 7.42. The third-order valence-electron chi connectivity index (χ3n) is 4.82. The maximum Gasteiger partial charge on any atom is 0.0100 e. The van der Waals surface area contributed by atoms with Gasteiger partial charge in [0.2, 0.25) is 0 Å². The first-order valence-electron chi connectivity index (χ1n) is 6.10. The molecular weight excluding hydrogens is 238 g/mol. The second-order valence-corrected chi connectivity index (χ2v) is 6.34. The smallest absolute Gasteiger partial charge is 0.0100 e. The Morgan fingerprint density at radius 2 is 1.79 bits per heavy atom. The van der Waals surface area contributed by atoms with E-state index in [1.54, 1.807) is 0 Å². The van der Waals surface area contributed by atoms with Gasteiger partial charge in [0, 0.05) is 25.0 Å². The highest BCUT2D eigenvalue weighted by molar-refractivity contribution is 9.09. The average Bonchev–Trinajstić information content (AvgIpc) is 2.37. The zero-order valence-corrected chi connectivity index (χ0v) is 10.4. The number of rotatable bonds is 3. The quantitative estimate of drug-likeness (QED) is 0.703. The van der Waals surface area contributed by atoms with Crippen LogP contribution in [-0.4, -0.2) is 29.9 Å². The van der Waals surface area contributed by atoms with Gasteiger partial charge in [-0.3, -0.25) is 0 Å². The van der Waals surface area contributed by atoms with Gasteiger partial charge in [-0.05, 0) is 42.9 Å². The Balaban J connectivity index is 1.56. The van der Waals surface area contributed by atoms with Gasteiger partial charge in [-0.25, -0.2) is 0 Å². The van der Waals surface area contributed by atoms with E-state index in [4.69, 9.17) is 0 Å².